The SMILES string of the molecule is Cc1ccccc1NC(=O)C[NH+]1CCN(S(=O)(=O)c2ccccc2[N+](=O)[O-])CC1. The molecule has 1 aliphatic rings. The standard InChI is InChI=1S/C19H22N4O5S/c1-15-6-2-3-7-16(15)20-19(24)14-21-10-12-22(13-11-21)29(27,28)18-9-5-4-8-17(18)23(25)26/h2-9H,10-14H2,1H3,(H,20,24)/p+1. The van der Waals surface area contributed by atoms with Gasteiger partial charge in [-0.25, -0.2) is 8.42 Å². The molecule has 0 radical (unpaired) electrons. The zero-order chi connectivity index (χ0) is 21.0. The molecule has 0 unspecified atom stereocenters. The lowest BCUT2D eigenvalue weighted by atomic mass is 10.2. The second kappa shape index (κ2) is 8.68. The molecule has 0 aromatic heterocycles. The van der Waals surface area contributed by atoms with Crippen molar-refractivity contribution in [2.45, 2.75) is 11.8 Å². The van der Waals surface area contributed by atoms with Gasteiger partial charge in [0.15, 0.2) is 11.4 Å². The van der Waals surface area contributed by atoms with E-state index in [0.717, 1.165) is 16.2 Å². The molecule has 2 N–H and O–H groups in total. The average Bonchev–Trinajstić information content (AvgIpc) is 2.70. The van der Waals surface area contributed by atoms with Gasteiger partial charge in [0.25, 0.3) is 11.6 Å². The van der Waals surface area contributed by atoms with Crippen molar-refractivity contribution in [3.05, 3.63) is 64.2 Å². The number of hydrogen-bond acceptors (Lipinski definition) is 5. The quantitative estimate of drug-likeness (QED) is 0.521. The van der Waals surface area contributed by atoms with E-state index in [-0.39, 0.29) is 30.4 Å². The summed E-state index contributed by atoms with van der Waals surface area (Å²) in [5, 5.41) is 14.1. The Morgan fingerprint density at radius 3 is 2.41 bits per heavy atom. The lowest BCUT2D eigenvalue weighted by molar-refractivity contribution is -0.895. The molecule has 0 spiro atoms. The molecule has 3 rings (SSSR count). The number of nitrogens with one attached hydrogen (secondary N) is 2. The highest BCUT2D eigenvalue weighted by atomic mass is 32.2. The van der Waals surface area contributed by atoms with Crippen LogP contribution in [0.3, 0.4) is 0 Å². The molecule has 0 saturated carbocycles. The summed E-state index contributed by atoms with van der Waals surface area (Å²) in [6.45, 7) is 3.42. The third kappa shape index (κ3) is 4.78. The van der Waals surface area contributed by atoms with E-state index in [1.54, 1.807) is 0 Å². The van der Waals surface area contributed by atoms with Gasteiger partial charge in [-0.2, -0.15) is 4.31 Å². The second-order valence-corrected chi connectivity index (χ2v) is 8.83. The molecule has 2 aromatic carbocycles. The highest BCUT2D eigenvalue weighted by molar-refractivity contribution is 7.89. The number of sulfonamides is 1. The maximum absolute atomic E-state index is 12.9. The largest absolute Gasteiger partial charge is 0.325 e. The van der Waals surface area contributed by atoms with Crippen molar-refractivity contribution < 1.29 is 23.0 Å². The van der Waals surface area contributed by atoms with E-state index >= 15 is 0 Å². The molecule has 0 bridgehead atoms. The fraction of sp³-hybridized carbons (Fsp3) is 0.316. The molecule has 1 amide bonds. The van der Waals surface area contributed by atoms with Crippen LogP contribution >= 0.6 is 0 Å². The molecule has 9 nitrogen and oxygen atoms in total. The van der Waals surface area contributed by atoms with E-state index in [4.69, 9.17) is 0 Å². The number of rotatable bonds is 6. The Hall–Kier alpha value is -2.82. The number of benzene rings is 2. The summed E-state index contributed by atoms with van der Waals surface area (Å²) in [4.78, 5) is 23.5. The Morgan fingerprint density at radius 1 is 1.14 bits per heavy atom. The van der Waals surface area contributed by atoms with Crippen LogP contribution in [-0.2, 0) is 14.8 Å². The zero-order valence-corrected chi connectivity index (χ0v) is 16.8. The number of anilines is 1. The van der Waals surface area contributed by atoms with Crippen LogP contribution in [0.15, 0.2) is 53.4 Å². The van der Waals surface area contributed by atoms with Crippen molar-refractivity contribution in [3.63, 3.8) is 0 Å². The summed E-state index contributed by atoms with van der Waals surface area (Å²) in [5.74, 6) is -0.135. The van der Waals surface area contributed by atoms with E-state index in [9.17, 15) is 23.3 Å². The number of carbonyl (C=O) groups is 1. The van der Waals surface area contributed by atoms with Gasteiger partial charge in [0.2, 0.25) is 10.0 Å². The number of amides is 1. The number of nitrogens with zero attached hydrogens (tertiary/aromatic N) is 2. The first-order valence-corrected chi connectivity index (χ1v) is 10.7. The topological polar surface area (TPSA) is 114 Å². The van der Waals surface area contributed by atoms with Crippen LogP contribution in [-0.4, -0.2) is 56.3 Å². The minimum atomic E-state index is -3.97. The molecular formula is C19H23N4O5S+. The maximum atomic E-state index is 12.9. The molecule has 2 aromatic rings. The minimum absolute atomic E-state index is 0.135. The molecule has 0 aliphatic carbocycles. The third-order valence-corrected chi connectivity index (χ3v) is 6.89. The lowest BCUT2D eigenvalue weighted by Gasteiger charge is -2.31. The molecular weight excluding hydrogens is 396 g/mol. The van der Waals surface area contributed by atoms with E-state index < -0.39 is 20.6 Å². The first kappa shape index (κ1) is 20.9. The van der Waals surface area contributed by atoms with Gasteiger partial charge >= 0.3 is 0 Å². The predicted octanol–water partition coefficient (Wildman–Crippen LogP) is 0.431. The van der Waals surface area contributed by atoms with Crippen LogP contribution < -0.4 is 10.2 Å². The third-order valence-electron chi connectivity index (χ3n) is 4.94. The molecule has 1 saturated heterocycles. The van der Waals surface area contributed by atoms with Crippen molar-refractivity contribution in [3.8, 4) is 0 Å². The normalized spacial score (nSPS) is 15.8. The van der Waals surface area contributed by atoms with Crippen LogP contribution in [0.1, 0.15) is 5.56 Å². The van der Waals surface area contributed by atoms with E-state index in [0.29, 0.717) is 13.1 Å². The Balaban J connectivity index is 1.61. The number of piperazine rings is 1. The summed E-state index contributed by atoms with van der Waals surface area (Å²) >= 11 is 0. The van der Waals surface area contributed by atoms with Crippen LogP contribution in [0.25, 0.3) is 0 Å². The molecule has 1 aliphatic heterocycles. The molecule has 1 fully saturated rings. The number of hydrogen-bond donors (Lipinski definition) is 2. The van der Waals surface area contributed by atoms with Gasteiger partial charge in [-0.05, 0) is 24.6 Å². The number of nitro groups is 1. The van der Waals surface area contributed by atoms with Gasteiger partial charge in [-0.1, -0.05) is 30.3 Å². The first-order valence-electron chi connectivity index (χ1n) is 9.21. The van der Waals surface area contributed by atoms with Crippen LogP contribution in [0.2, 0.25) is 0 Å². The summed E-state index contributed by atoms with van der Waals surface area (Å²) in [7, 11) is -3.97. The number of para-hydroxylation sites is 2. The van der Waals surface area contributed by atoms with Crippen molar-refractivity contribution >= 4 is 27.3 Å². The maximum Gasteiger partial charge on any atom is 0.289 e. The Kier molecular flexibility index (Phi) is 6.26. The summed E-state index contributed by atoms with van der Waals surface area (Å²) in [6, 6.07) is 12.8. The highest BCUT2D eigenvalue weighted by Crippen LogP contribution is 2.26. The number of nitro benzene ring substituents is 1. The van der Waals surface area contributed by atoms with Gasteiger partial charge in [-0.15, -0.1) is 0 Å². The smallest absolute Gasteiger partial charge is 0.289 e. The van der Waals surface area contributed by atoms with Gasteiger partial charge < -0.3 is 10.2 Å². The molecule has 0 atom stereocenters. The van der Waals surface area contributed by atoms with E-state index in [1.165, 1.54) is 28.6 Å². The monoisotopic (exact) mass is 419 g/mol. The van der Waals surface area contributed by atoms with Gasteiger partial charge in [-0.3, -0.25) is 14.9 Å². The molecule has 154 valence electrons. The van der Waals surface area contributed by atoms with Crippen molar-refractivity contribution in [2.24, 2.45) is 0 Å². The Bertz CT molecular complexity index is 1020. The van der Waals surface area contributed by atoms with Crippen molar-refractivity contribution in [1.29, 1.82) is 0 Å². The van der Waals surface area contributed by atoms with Gasteiger partial charge in [0.05, 0.1) is 31.1 Å². The van der Waals surface area contributed by atoms with E-state index in [1.807, 2.05) is 31.2 Å². The van der Waals surface area contributed by atoms with Crippen LogP contribution in [0.4, 0.5) is 11.4 Å². The van der Waals surface area contributed by atoms with Gasteiger partial charge in [0, 0.05) is 11.8 Å². The fourth-order valence-electron chi connectivity index (χ4n) is 3.32. The Labute approximate surface area is 169 Å². The minimum Gasteiger partial charge on any atom is -0.325 e. The summed E-state index contributed by atoms with van der Waals surface area (Å²) < 4.78 is 27.0. The predicted molar refractivity (Wildman–Crippen MR) is 107 cm³/mol. The zero-order valence-electron chi connectivity index (χ0n) is 16.0. The van der Waals surface area contributed by atoms with E-state index in [2.05, 4.69) is 5.32 Å². The molecule has 29 heavy (non-hydrogen) atoms. The highest BCUT2D eigenvalue weighted by Gasteiger charge is 2.35. The second-order valence-electron chi connectivity index (χ2n) is 6.92. The Morgan fingerprint density at radius 2 is 1.76 bits per heavy atom. The number of quaternary nitrogens is 1. The lowest BCUT2D eigenvalue weighted by Crippen LogP contribution is -3.15. The van der Waals surface area contributed by atoms with Gasteiger partial charge in [0.1, 0.15) is 0 Å². The number of carbonyl (C=O) groups excluding carboxylic acids is 1. The fourth-order valence-corrected chi connectivity index (χ4v) is 4.92. The average molecular weight is 419 g/mol. The van der Waals surface area contributed by atoms with Crippen LogP contribution in [0, 0.1) is 17.0 Å². The molecule has 10 heteroatoms. The van der Waals surface area contributed by atoms with Crippen molar-refractivity contribution in [2.75, 3.05) is 38.0 Å². The summed E-state index contributed by atoms with van der Waals surface area (Å²) in [5.41, 5.74) is 1.30. The number of aryl methyl sites for hydroxylation is 1. The molecule has 1 heterocycles. The van der Waals surface area contributed by atoms with Crippen LogP contribution in [0.5, 0.6) is 0 Å². The summed E-state index contributed by atoms with van der Waals surface area (Å²) in [6.07, 6.45) is 0. The first-order chi connectivity index (χ1) is 13.8. The van der Waals surface area contributed by atoms with Crippen molar-refractivity contribution in [1.82, 2.24) is 4.31 Å².